The van der Waals surface area contributed by atoms with E-state index < -0.39 is 0 Å². The number of nitrogens with one attached hydrogen (secondary N) is 1. The number of likely N-dealkylation sites (N-methyl/N-ethyl adjacent to an activating group) is 2. The Labute approximate surface area is 180 Å². The van der Waals surface area contributed by atoms with Crippen LogP contribution in [0.15, 0.2) is 36.5 Å². The van der Waals surface area contributed by atoms with Gasteiger partial charge in [0.2, 0.25) is 5.91 Å². The van der Waals surface area contributed by atoms with Gasteiger partial charge in [0.1, 0.15) is 0 Å². The number of hydrogen-bond donors (Lipinski definition) is 1. The number of anilines is 1. The standard InChI is InChI=1S/C24H35N5O/c1-5-28-12-11-20-7-6-8-23(22(20)18-28)26-16-24(30)29(14-13-27(3)4)17-21-10-9-19(2)15-25-21/h6-10,15,26H,5,11-14,16-18H2,1-4H3. The van der Waals surface area contributed by atoms with Gasteiger partial charge in [0.25, 0.3) is 0 Å². The lowest BCUT2D eigenvalue weighted by Gasteiger charge is -2.30. The number of rotatable bonds is 9. The molecule has 1 aliphatic heterocycles. The van der Waals surface area contributed by atoms with Gasteiger partial charge in [-0.1, -0.05) is 25.1 Å². The number of amides is 1. The summed E-state index contributed by atoms with van der Waals surface area (Å²) in [4.78, 5) is 24.0. The van der Waals surface area contributed by atoms with E-state index in [4.69, 9.17) is 0 Å². The van der Waals surface area contributed by atoms with Gasteiger partial charge in [-0.2, -0.15) is 0 Å². The second-order valence-electron chi connectivity index (χ2n) is 8.36. The molecule has 0 saturated carbocycles. The van der Waals surface area contributed by atoms with Crippen molar-refractivity contribution in [3.05, 3.63) is 58.9 Å². The zero-order valence-electron chi connectivity index (χ0n) is 18.8. The highest BCUT2D eigenvalue weighted by atomic mass is 16.2. The Balaban J connectivity index is 1.67. The summed E-state index contributed by atoms with van der Waals surface area (Å²) in [6.07, 6.45) is 2.93. The van der Waals surface area contributed by atoms with Crippen LogP contribution in [0.1, 0.15) is 29.3 Å². The molecule has 2 aromatic rings. The second kappa shape index (κ2) is 10.5. The quantitative estimate of drug-likeness (QED) is 0.690. The minimum Gasteiger partial charge on any atom is -0.376 e. The monoisotopic (exact) mass is 409 g/mol. The first-order valence-electron chi connectivity index (χ1n) is 10.9. The number of aromatic nitrogens is 1. The molecule has 0 radical (unpaired) electrons. The van der Waals surface area contributed by atoms with Gasteiger partial charge in [0.15, 0.2) is 0 Å². The molecule has 1 aromatic carbocycles. The van der Waals surface area contributed by atoms with Crippen molar-refractivity contribution >= 4 is 11.6 Å². The minimum atomic E-state index is 0.0972. The van der Waals surface area contributed by atoms with Crippen molar-refractivity contribution in [3.63, 3.8) is 0 Å². The van der Waals surface area contributed by atoms with Crippen LogP contribution in [-0.2, 0) is 24.3 Å². The maximum atomic E-state index is 13.1. The molecule has 162 valence electrons. The van der Waals surface area contributed by atoms with Gasteiger partial charge < -0.3 is 15.1 Å². The van der Waals surface area contributed by atoms with Crippen molar-refractivity contribution in [1.82, 2.24) is 19.7 Å². The molecule has 0 saturated heterocycles. The van der Waals surface area contributed by atoms with Gasteiger partial charge in [-0.15, -0.1) is 0 Å². The maximum absolute atomic E-state index is 13.1. The number of nitrogens with zero attached hydrogens (tertiary/aromatic N) is 4. The molecular weight excluding hydrogens is 374 g/mol. The van der Waals surface area contributed by atoms with Crippen LogP contribution in [-0.4, -0.2) is 72.4 Å². The number of carbonyl (C=O) groups excluding carboxylic acids is 1. The molecule has 1 N–H and O–H groups in total. The summed E-state index contributed by atoms with van der Waals surface area (Å²) in [6, 6.07) is 10.4. The van der Waals surface area contributed by atoms with E-state index in [0.717, 1.165) is 49.5 Å². The fraction of sp³-hybridized carbons (Fsp3) is 0.500. The van der Waals surface area contributed by atoms with E-state index in [-0.39, 0.29) is 5.91 Å². The van der Waals surface area contributed by atoms with Crippen molar-refractivity contribution in [1.29, 1.82) is 0 Å². The summed E-state index contributed by atoms with van der Waals surface area (Å²) in [5, 5.41) is 3.43. The van der Waals surface area contributed by atoms with Crippen molar-refractivity contribution in [3.8, 4) is 0 Å². The average molecular weight is 410 g/mol. The molecule has 30 heavy (non-hydrogen) atoms. The molecule has 0 spiro atoms. The van der Waals surface area contributed by atoms with Crippen LogP contribution in [0.3, 0.4) is 0 Å². The lowest BCUT2D eigenvalue weighted by molar-refractivity contribution is -0.130. The first-order chi connectivity index (χ1) is 14.5. The van der Waals surface area contributed by atoms with Crippen LogP contribution in [0.2, 0.25) is 0 Å². The average Bonchev–Trinajstić information content (AvgIpc) is 2.75. The Morgan fingerprint density at radius 2 is 2.03 bits per heavy atom. The van der Waals surface area contributed by atoms with E-state index in [1.807, 2.05) is 44.2 Å². The van der Waals surface area contributed by atoms with E-state index in [1.165, 1.54) is 11.1 Å². The van der Waals surface area contributed by atoms with Crippen molar-refractivity contribution < 1.29 is 4.79 Å². The van der Waals surface area contributed by atoms with Crippen LogP contribution in [0.5, 0.6) is 0 Å². The fourth-order valence-corrected chi connectivity index (χ4v) is 3.76. The summed E-state index contributed by atoms with van der Waals surface area (Å²) >= 11 is 0. The summed E-state index contributed by atoms with van der Waals surface area (Å²) < 4.78 is 0. The summed E-state index contributed by atoms with van der Waals surface area (Å²) in [5.74, 6) is 0.0972. The Morgan fingerprint density at radius 3 is 2.73 bits per heavy atom. The van der Waals surface area contributed by atoms with Crippen LogP contribution in [0, 0.1) is 6.92 Å². The third-order valence-electron chi connectivity index (χ3n) is 5.72. The molecule has 2 heterocycles. The van der Waals surface area contributed by atoms with Crippen molar-refractivity contribution in [2.75, 3.05) is 52.1 Å². The Hall–Kier alpha value is -2.44. The highest BCUT2D eigenvalue weighted by Gasteiger charge is 2.19. The van der Waals surface area contributed by atoms with Crippen molar-refractivity contribution in [2.45, 2.75) is 33.4 Å². The molecule has 6 nitrogen and oxygen atoms in total. The van der Waals surface area contributed by atoms with Crippen molar-refractivity contribution in [2.24, 2.45) is 0 Å². The van der Waals surface area contributed by atoms with Gasteiger partial charge in [-0.3, -0.25) is 14.7 Å². The predicted molar refractivity (Wildman–Crippen MR) is 123 cm³/mol. The van der Waals surface area contributed by atoms with Crippen LogP contribution < -0.4 is 5.32 Å². The van der Waals surface area contributed by atoms with Crippen LogP contribution in [0.25, 0.3) is 0 Å². The van der Waals surface area contributed by atoms with E-state index in [9.17, 15) is 4.79 Å². The second-order valence-corrected chi connectivity index (χ2v) is 8.36. The zero-order valence-corrected chi connectivity index (χ0v) is 18.8. The Bertz CT molecular complexity index is 834. The molecule has 1 aliphatic rings. The zero-order chi connectivity index (χ0) is 21.5. The van der Waals surface area contributed by atoms with E-state index in [2.05, 4.69) is 45.2 Å². The molecule has 6 heteroatoms. The third-order valence-corrected chi connectivity index (χ3v) is 5.72. The highest BCUT2D eigenvalue weighted by Crippen LogP contribution is 2.26. The molecule has 3 rings (SSSR count). The summed E-state index contributed by atoms with van der Waals surface area (Å²) in [6.45, 7) is 9.65. The SMILES string of the molecule is CCN1CCc2cccc(NCC(=O)N(CCN(C)C)Cc3ccc(C)cn3)c2C1. The van der Waals surface area contributed by atoms with E-state index in [0.29, 0.717) is 19.6 Å². The van der Waals surface area contributed by atoms with Crippen LogP contribution >= 0.6 is 0 Å². The largest absolute Gasteiger partial charge is 0.376 e. The molecule has 0 unspecified atom stereocenters. The van der Waals surface area contributed by atoms with E-state index >= 15 is 0 Å². The maximum Gasteiger partial charge on any atom is 0.242 e. The number of hydrogen-bond acceptors (Lipinski definition) is 5. The Morgan fingerprint density at radius 1 is 1.20 bits per heavy atom. The lowest BCUT2D eigenvalue weighted by atomic mass is 9.98. The smallest absolute Gasteiger partial charge is 0.242 e. The highest BCUT2D eigenvalue weighted by molar-refractivity contribution is 5.81. The van der Waals surface area contributed by atoms with Crippen LogP contribution in [0.4, 0.5) is 5.69 Å². The van der Waals surface area contributed by atoms with Gasteiger partial charge in [0.05, 0.1) is 18.8 Å². The number of benzene rings is 1. The predicted octanol–water partition coefficient (Wildman–Crippen LogP) is 2.77. The van der Waals surface area contributed by atoms with Gasteiger partial charge in [-0.25, -0.2) is 0 Å². The van der Waals surface area contributed by atoms with Gasteiger partial charge in [-0.05, 0) is 62.8 Å². The molecule has 0 bridgehead atoms. The number of fused-ring (bicyclic) bond motifs is 1. The van der Waals surface area contributed by atoms with Gasteiger partial charge >= 0.3 is 0 Å². The normalized spacial score (nSPS) is 13.9. The number of carbonyl (C=O) groups is 1. The fourth-order valence-electron chi connectivity index (χ4n) is 3.76. The first kappa shape index (κ1) is 22.2. The summed E-state index contributed by atoms with van der Waals surface area (Å²) in [7, 11) is 4.06. The molecule has 0 atom stereocenters. The van der Waals surface area contributed by atoms with E-state index in [1.54, 1.807) is 0 Å². The molecule has 0 aliphatic carbocycles. The molecule has 1 amide bonds. The molecule has 1 aromatic heterocycles. The third kappa shape index (κ3) is 6.03. The summed E-state index contributed by atoms with van der Waals surface area (Å²) in [5.41, 5.74) is 5.86. The topological polar surface area (TPSA) is 51.7 Å². The Kier molecular flexibility index (Phi) is 7.82. The number of aryl methyl sites for hydroxylation is 1. The molecular formula is C24H35N5O. The lowest BCUT2D eigenvalue weighted by Crippen LogP contribution is -2.39. The molecule has 0 fully saturated rings. The first-order valence-corrected chi connectivity index (χ1v) is 10.9. The van der Waals surface area contributed by atoms with Gasteiger partial charge in [0, 0.05) is 38.1 Å². The number of pyridine rings is 1. The minimum absolute atomic E-state index is 0.0972.